The molecule has 150 valence electrons. The fraction of sp³-hybridized carbons (Fsp3) is 0. The number of fused-ring (bicyclic) bond motifs is 2. The Hall–Kier alpha value is -4.23. The summed E-state index contributed by atoms with van der Waals surface area (Å²) in [6, 6.07) is 44.9. The number of hydrogen-bond acceptors (Lipinski definition) is 1. The molecule has 1 heteroatoms. The van der Waals surface area contributed by atoms with Crippen LogP contribution in [0.5, 0.6) is 0 Å². The number of nitrogens with zero attached hydrogens (tertiary/aromatic N) is 1. The highest BCUT2D eigenvalue weighted by Crippen LogP contribution is 2.35. The van der Waals surface area contributed by atoms with Gasteiger partial charge in [0.1, 0.15) is 0 Å². The molecule has 0 bridgehead atoms. The van der Waals surface area contributed by atoms with Crippen LogP contribution in [0.3, 0.4) is 0 Å². The van der Waals surface area contributed by atoms with Gasteiger partial charge in [0.25, 0.3) is 0 Å². The number of rotatable bonds is 3. The van der Waals surface area contributed by atoms with Gasteiger partial charge in [-0.05, 0) is 44.8 Å². The van der Waals surface area contributed by atoms with E-state index in [0.717, 1.165) is 22.5 Å². The van der Waals surface area contributed by atoms with Crippen LogP contribution in [0.15, 0.2) is 127 Å². The molecule has 0 amide bonds. The lowest BCUT2D eigenvalue weighted by molar-refractivity contribution is 1.33. The number of hydrogen-bond donors (Lipinski definition) is 0. The third-order valence-corrected chi connectivity index (χ3v) is 6.06. The number of aromatic nitrogens is 1. The van der Waals surface area contributed by atoms with Crippen LogP contribution >= 0.6 is 0 Å². The van der Waals surface area contributed by atoms with Crippen molar-refractivity contribution in [2.45, 2.75) is 0 Å². The summed E-state index contributed by atoms with van der Waals surface area (Å²) in [4.78, 5) is 5.20. The molecule has 0 atom stereocenters. The average Bonchev–Trinajstić information content (AvgIpc) is 2.88. The van der Waals surface area contributed by atoms with E-state index in [4.69, 9.17) is 4.98 Å². The minimum Gasteiger partial charge on any atom is -0.248 e. The van der Waals surface area contributed by atoms with Crippen LogP contribution in [0, 0.1) is 0 Å². The topological polar surface area (TPSA) is 12.9 Å². The molecule has 0 saturated carbocycles. The van der Waals surface area contributed by atoms with Crippen molar-refractivity contribution in [2.24, 2.45) is 0 Å². The Balaban J connectivity index is 1.65. The highest BCUT2D eigenvalue weighted by atomic mass is 14.7. The zero-order valence-corrected chi connectivity index (χ0v) is 17.6. The quantitative estimate of drug-likeness (QED) is 0.287. The molecule has 6 aromatic rings. The Kier molecular flexibility index (Phi) is 4.51. The van der Waals surface area contributed by atoms with Crippen molar-refractivity contribution >= 4 is 21.5 Å². The molecular weight excluding hydrogens is 386 g/mol. The smallest absolute Gasteiger partial charge is 0.0721 e. The van der Waals surface area contributed by atoms with E-state index in [0.29, 0.717) is 0 Å². The summed E-state index contributed by atoms with van der Waals surface area (Å²) >= 11 is 0. The Labute approximate surface area is 187 Å². The largest absolute Gasteiger partial charge is 0.248 e. The third-order valence-electron chi connectivity index (χ3n) is 6.06. The minimum absolute atomic E-state index is 0.992. The van der Waals surface area contributed by atoms with Crippen LogP contribution < -0.4 is 0 Å². The lowest BCUT2D eigenvalue weighted by Gasteiger charge is -2.13. The van der Waals surface area contributed by atoms with Crippen LogP contribution in [0.4, 0.5) is 0 Å². The molecular formula is C31H21N. The zero-order valence-electron chi connectivity index (χ0n) is 17.6. The molecule has 0 N–H and O–H groups in total. The molecule has 0 radical (unpaired) electrons. The molecule has 0 unspecified atom stereocenters. The SMILES string of the molecule is c1ccc(-c2cc(-c3cccc4ccccc34)nc(-c3cccc4ccccc34)c2)cc1. The Morgan fingerprint density at radius 2 is 0.844 bits per heavy atom. The van der Waals surface area contributed by atoms with Gasteiger partial charge in [0, 0.05) is 11.1 Å². The molecule has 0 spiro atoms. The maximum absolute atomic E-state index is 5.20. The van der Waals surface area contributed by atoms with E-state index in [2.05, 4.69) is 127 Å². The molecule has 5 aromatic carbocycles. The van der Waals surface area contributed by atoms with E-state index in [9.17, 15) is 0 Å². The monoisotopic (exact) mass is 407 g/mol. The van der Waals surface area contributed by atoms with Gasteiger partial charge >= 0.3 is 0 Å². The molecule has 0 saturated heterocycles. The summed E-state index contributed by atoms with van der Waals surface area (Å²) < 4.78 is 0. The summed E-state index contributed by atoms with van der Waals surface area (Å²) in [5.41, 5.74) is 6.66. The third kappa shape index (κ3) is 3.25. The predicted molar refractivity (Wildman–Crippen MR) is 136 cm³/mol. The van der Waals surface area contributed by atoms with Crippen LogP contribution in [0.1, 0.15) is 0 Å². The highest BCUT2D eigenvalue weighted by Gasteiger charge is 2.12. The summed E-state index contributed by atoms with van der Waals surface area (Å²) in [6.07, 6.45) is 0. The van der Waals surface area contributed by atoms with Gasteiger partial charge in [-0.25, -0.2) is 4.98 Å². The van der Waals surface area contributed by atoms with Crippen LogP contribution in [-0.4, -0.2) is 4.98 Å². The van der Waals surface area contributed by atoms with Crippen molar-refractivity contribution < 1.29 is 0 Å². The van der Waals surface area contributed by atoms with Gasteiger partial charge in [0.2, 0.25) is 0 Å². The molecule has 1 nitrogen and oxygen atoms in total. The van der Waals surface area contributed by atoms with Gasteiger partial charge in [-0.1, -0.05) is 115 Å². The molecule has 0 aliphatic heterocycles. The van der Waals surface area contributed by atoms with E-state index in [1.54, 1.807) is 0 Å². The Bertz CT molecular complexity index is 1460. The van der Waals surface area contributed by atoms with E-state index >= 15 is 0 Å². The molecule has 0 aliphatic rings. The summed E-state index contributed by atoms with van der Waals surface area (Å²) in [5, 5.41) is 4.89. The van der Waals surface area contributed by atoms with Crippen LogP contribution in [0.25, 0.3) is 55.2 Å². The average molecular weight is 408 g/mol. The van der Waals surface area contributed by atoms with Crippen molar-refractivity contribution in [3.63, 3.8) is 0 Å². The Morgan fingerprint density at radius 1 is 0.375 bits per heavy atom. The second kappa shape index (κ2) is 7.79. The van der Waals surface area contributed by atoms with Crippen LogP contribution in [0.2, 0.25) is 0 Å². The molecule has 6 rings (SSSR count). The van der Waals surface area contributed by atoms with E-state index in [1.807, 2.05) is 0 Å². The first-order valence-corrected chi connectivity index (χ1v) is 10.9. The normalized spacial score (nSPS) is 11.1. The number of pyridine rings is 1. The van der Waals surface area contributed by atoms with Gasteiger partial charge in [0.05, 0.1) is 11.4 Å². The second-order valence-electron chi connectivity index (χ2n) is 8.05. The van der Waals surface area contributed by atoms with Gasteiger partial charge in [0.15, 0.2) is 0 Å². The highest BCUT2D eigenvalue weighted by molar-refractivity contribution is 5.99. The first kappa shape index (κ1) is 18.5. The van der Waals surface area contributed by atoms with E-state index in [-0.39, 0.29) is 0 Å². The first-order valence-electron chi connectivity index (χ1n) is 10.9. The van der Waals surface area contributed by atoms with E-state index < -0.39 is 0 Å². The second-order valence-corrected chi connectivity index (χ2v) is 8.05. The number of benzene rings is 5. The predicted octanol–water partition coefficient (Wildman–Crippen LogP) is 8.39. The van der Waals surface area contributed by atoms with Crippen molar-refractivity contribution in [2.75, 3.05) is 0 Å². The summed E-state index contributed by atoms with van der Waals surface area (Å²) in [7, 11) is 0. The maximum atomic E-state index is 5.20. The zero-order chi connectivity index (χ0) is 21.3. The first-order chi connectivity index (χ1) is 15.9. The fourth-order valence-electron chi connectivity index (χ4n) is 4.50. The lowest BCUT2D eigenvalue weighted by atomic mass is 9.96. The molecule has 0 aliphatic carbocycles. The summed E-state index contributed by atoms with van der Waals surface area (Å²) in [6.45, 7) is 0. The maximum Gasteiger partial charge on any atom is 0.0721 e. The molecule has 0 fully saturated rings. The summed E-state index contributed by atoms with van der Waals surface area (Å²) in [5.74, 6) is 0. The van der Waals surface area contributed by atoms with Crippen molar-refractivity contribution in [1.82, 2.24) is 4.98 Å². The van der Waals surface area contributed by atoms with Crippen molar-refractivity contribution in [3.05, 3.63) is 127 Å². The van der Waals surface area contributed by atoms with E-state index in [1.165, 1.54) is 32.7 Å². The molecule has 32 heavy (non-hydrogen) atoms. The van der Waals surface area contributed by atoms with Gasteiger partial charge < -0.3 is 0 Å². The Morgan fingerprint density at radius 3 is 1.41 bits per heavy atom. The standard InChI is InChI=1S/C31H21N/c1-2-10-22(11-3-1)25-20-30(28-18-8-14-23-12-4-6-16-26(23)28)32-31(21-25)29-19-9-15-24-13-5-7-17-27(24)29/h1-21H. The van der Waals surface area contributed by atoms with Crippen molar-refractivity contribution in [3.8, 4) is 33.6 Å². The van der Waals surface area contributed by atoms with Gasteiger partial charge in [-0.2, -0.15) is 0 Å². The van der Waals surface area contributed by atoms with Crippen molar-refractivity contribution in [1.29, 1.82) is 0 Å². The lowest BCUT2D eigenvalue weighted by Crippen LogP contribution is -1.93. The molecule has 1 aromatic heterocycles. The fourth-order valence-corrected chi connectivity index (χ4v) is 4.50. The van der Waals surface area contributed by atoms with Gasteiger partial charge in [-0.15, -0.1) is 0 Å². The van der Waals surface area contributed by atoms with Crippen LogP contribution in [-0.2, 0) is 0 Å². The molecule has 1 heterocycles. The minimum atomic E-state index is 0.992. The van der Waals surface area contributed by atoms with Gasteiger partial charge in [-0.3, -0.25) is 0 Å².